The van der Waals surface area contributed by atoms with E-state index < -0.39 is 18.0 Å². The van der Waals surface area contributed by atoms with Crippen LogP contribution in [0, 0.1) is 17.2 Å². The van der Waals surface area contributed by atoms with Gasteiger partial charge in [0.2, 0.25) is 5.91 Å². The predicted molar refractivity (Wildman–Crippen MR) is 135 cm³/mol. The number of amides is 1. The fourth-order valence-electron chi connectivity index (χ4n) is 5.03. The van der Waals surface area contributed by atoms with Crippen LogP contribution in [-0.4, -0.2) is 64.0 Å². The van der Waals surface area contributed by atoms with Gasteiger partial charge in [-0.1, -0.05) is 37.3 Å². The summed E-state index contributed by atoms with van der Waals surface area (Å²) < 4.78 is 6.16. The van der Waals surface area contributed by atoms with Gasteiger partial charge in [-0.05, 0) is 23.9 Å². The van der Waals surface area contributed by atoms with Crippen molar-refractivity contribution in [1.29, 1.82) is 5.41 Å². The molecule has 0 bridgehead atoms. The molecule has 0 aliphatic carbocycles. The minimum absolute atomic E-state index is 0.0269. The minimum atomic E-state index is -1.16. The molecular weight excluding hydrogens is 468 g/mol. The van der Waals surface area contributed by atoms with Crippen molar-refractivity contribution >= 4 is 40.4 Å². The summed E-state index contributed by atoms with van der Waals surface area (Å²) >= 11 is 1.73. The fraction of sp³-hybridized carbons (Fsp3) is 0.400. The number of fused-ring (bicyclic) bond motifs is 2. The Kier molecular flexibility index (Phi) is 7.23. The third-order valence-corrected chi connectivity index (χ3v) is 7.70. The number of hydrogen-bond donors (Lipinski definition) is 5. The summed E-state index contributed by atoms with van der Waals surface area (Å²) in [5.74, 6) is -0.146. The number of β-lactam (4-membered cyclic amide) rings is 1. The first-order chi connectivity index (χ1) is 16.7. The van der Waals surface area contributed by atoms with E-state index in [1.54, 1.807) is 18.7 Å². The highest BCUT2D eigenvalue weighted by Crippen LogP contribution is 2.47. The fourth-order valence-corrected chi connectivity index (χ4v) is 5.89. The van der Waals surface area contributed by atoms with Crippen LogP contribution >= 0.6 is 11.8 Å². The van der Waals surface area contributed by atoms with E-state index in [2.05, 4.69) is 11.4 Å². The standard InChI is InChI=1S/C25H30N4O5S/c1-13-18(22(24(32)33)29-21(13)20(14(2)30)23(29)31)11-34-19-8-4-6-16-15(5-3-7-17(16)19)12-35-10-9-28-25(26)27/h3-8,13-14,20-21,30H,9-12H2,1-2H3,(H,32,33)(H4,26,27,28)/t13-,14+,20+,21+/m0/s1. The van der Waals surface area contributed by atoms with Gasteiger partial charge in [0.15, 0.2) is 5.96 Å². The summed E-state index contributed by atoms with van der Waals surface area (Å²) in [6, 6.07) is 11.4. The van der Waals surface area contributed by atoms with Crippen LogP contribution in [0.4, 0.5) is 0 Å². The molecule has 2 aliphatic heterocycles. The van der Waals surface area contributed by atoms with Crippen molar-refractivity contribution in [2.75, 3.05) is 18.9 Å². The van der Waals surface area contributed by atoms with Gasteiger partial charge in [-0.25, -0.2) is 4.79 Å². The van der Waals surface area contributed by atoms with Gasteiger partial charge in [-0.3, -0.25) is 10.2 Å². The van der Waals surface area contributed by atoms with E-state index in [-0.39, 0.29) is 36.1 Å². The van der Waals surface area contributed by atoms with Crippen LogP contribution in [0.1, 0.15) is 19.4 Å². The largest absolute Gasteiger partial charge is 0.488 e. The van der Waals surface area contributed by atoms with E-state index in [4.69, 9.17) is 15.9 Å². The maximum atomic E-state index is 12.5. The predicted octanol–water partition coefficient (Wildman–Crippen LogP) is 2.13. The van der Waals surface area contributed by atoms with E-state index in [1.165, 1.54) is 4.90 Å². The van der Waals surface area contributed by atoms with Crippen molar-refractivity contribution in [1.82, 2.24) is 10.2 Å². The third kappa shape index (κ3) is 4.68. The average molecular weight is 499 g/mol. The highest BCUT2D eigenvalue weighted by atomic mass is 32.2. The lowest BCUT2D eigenvalue weighted by molar-refractivity contribution is -0.163. The number of nitrogens with two attached hydrogens (primary N) is 1. The molecule has 1 saturated heterocycles. The highest BCUT2D eigenvalue weighted by molar-refractivity contribution is 7.98. The molecule has 6 N–H and O–H groups in total. The van der Waals surface area contributed by atoms with E-state index >= 15 is 0 Å². The average Bonchev–Trinajstić information content (AvgIpc) is 3.05. The molecule has 0 spiro atoms. The summed E-state index contributed by atoms with van der Waals surface area (Å²) in [4.78, 5) is 25.9. The Morgan fingerprint density at radius 3 is 2.69 bits per heavy atom. The second-order valence-electron chi connectivity index (χ2n) is 8.88. The molecular formula is C25H30N4O5S. The lowest BCUT2D eigenvalue weighted by atomic mass is 9.78. The molecule has 4 rings (SSSR count). The number of carbonyl (C=O) groups is 2. The van der Waals surface area contributed by atoms with Gasteiger partial charge in [-0.15, -0.1) is 0 Å². The summed E-state index contributed by atoms with van der Waals surface area (Å²) in [6.45, 7) is 4.11. The molecule has 9 nitrogen and oxygen atoms in total. The summed E-state index contributed by atoms with van der Waals surface area (Å²) in [5.41, 5.74) is 6.99. The van der Waals surface area contributed by atoms with Crippen LogP contribution in [0.5, 0.6) is 5.75 Å². The van der Waals surface area contributed by atoms with Gasteiger partial charge < -0.3 is 30.9 Å². The number of benzene rings is 2. The lowest BCUT2D eigenvalue weighted by Gasteiger charge is -2.46. The number of ether oxygens (including phenoxy) is 1. The molecule has 2 heterocycles. The Morgan fingerprint density at radius 2 is 2.00 bits per heavy atom. The molecule has 10 heteroatoms. The number of carboxylic acid groups (broad SMARTS) is 1. The van der Waals surface area contributed by atoms with Crippen molar-refractivity contribution < 1.29 is 24.5 Å². The molecule has 4 atom stereocenters. The zero-order valence-corrected chi connectivity index (χ0v) is 20.5. The van der Waals surface area contributed by atoms with Gasteiger partial charge in [0.1, 0.15) is 18.1 Å². The first-order valence-electron chi connectivity index (χ1n) is 11.5. The molecule has 0 unspecified atom stereocenters. The second-order valence-corrected chi connectivity index (χ2v) is 9.99. The zero-order chi connectivity index (χ0) is 25.3. The van der Waals surface area contributed by atoms with Crippen LogP contribution < -0.4 is 15.8 Å². The Balaban J connectivity index is 1.52. The SMILES string of the molecule is C[C@@H](O)[C@H]1C(=O)N2C(C(=O)O)=C(COc3cccc4c(CSCCNC(=N)N)cccc34)[C@H](C)[C@H]12. The number of aliphatic hydroxyl groups excluding tert-OH is 1. The number of aliphatic hydroxyl groups is 1. The number of carbonyl (C=O) groups excluding carboxylic acids is 1. The number of hydrogen-bond acceptors (Lipinski definition) is 6. The molecule has 0 radical (unpaired) electrons. The van der Waals surface area contributed by atoms with Crippen LogP contribution in [0.15, 0.2) is 47.7 Å². The number of carboxylic acids is 1. The Bertz CT molecular complexity index is 1200. The van der Waals surface area contributed by atoms with Gasteiger partial charge in [-0.2, -0.15) is 11.8 Å². The van der Waals surface area contributed by atoms with Gasteiger partial charge in [0.05, 0.1) is 18.1 Å². The summed E-state index contributed by atoms with van der Waals surface area (Å²) in [6.07, 6.45) is -0.839. The molecule has 186 valence electrons. The molecule has 2 aliphatic rings. The normalized spacial score (nSPS) is 22.1. The topological polar surface area (TPSA) is 149 Å². The van der Waals surface area contributed by atoms with Crippen LogP contribution in [0.25, 0.3) is 10.8 Å². The number of rotatable bonds is 10. The number of nitrogens with one attached hydrogen (secondary N) is 2. The smallest absolute Gasteiger partial charge is 0.352 e. The lowest BCUT2D eigenvalue weighted by Crippen LogP contribution is -2.63. The van der Waals surface area contributed by atoms with Crippen LogP contribution in [0.3, 0.4) is 0 Å². The van der Waals surface area contributed by atoms with Crippen LogP contribution in [0.2, 0.25) is 0 Å². The molecule has 2 aromatic carbocycles. The molecule has 35 heavy (non-hydrogen) atoms. The van der Waals surface area contributed by atoms with Gasteiger partial charge in [0.25, 0.3) is 0 Å². The van der Waals surface area contributed by atoms with Crippen molar-refractivity contribution in [3.05, 3.63) is 53.2 Å². The molecule has 0 aromatic heterocycles. The zero-order valence-electron chi connectivity index (χ0n) is 19.7. The number of thioether (sulfide) groups is 1. The van der Waals surface area contributed by atoms with Gasteiger partial charge >= 0.3 is 5.97 Å². The summed E-state index contributed by atoms with van der Waals surface area (Å²) in [5, 5.41) is 31.8. The Morgan fingerprint density at radius 1 is 1.29 bits per heavy atom. The van der Waals surface area contributed by atoms with Crippen molar-refractivity contribution in [2.24, 2.45) is 17.6 Å². The number of guanidine groups is 1. The van der Waals surface area contributed by atoms with Gasteiger partial charge in [0, 0.05) is 34.9 Å². The monoisotopic (exact) mass is 498 g/mol. The second kappa shape index (κ2) is 10.2. The van der Waals surface area contributed by atoms with Crippen molar-refractivity contribution in [3.63, 3.8) is 0 Å². The van der Waals surface area contributed by atoms with Crippen molar-refractivity contribution in [3.8, 4) is 5.75 Å². The molecule has 2 aromatic rings. The van der Waals surface area contributed by atoms with E-state index in [9.17, 15) is 19.8 Å². The maximum Gasteiger partial charge on any atom is 0.352 e. The van der Waals surface area contributed by atoms with E-state index in [0.717, 1.165) is 27.8 Å². The van der Waals surface area contributed by atoms with Crippen molar-refractivity contribution in [2.45, 2.75) is 31.7 Å². The number of aliphatic carboxylic acids is 1. The first kappa shape index (κ1) is 24.9. The van der Waals surface area contributed by atoms with E-state index in [1.807, 2.05) is 37.3 Å². The number of nitrogens with zero attached hydrogens (tertiary/aromatic N) is 1. The maximum absolute atomic E-state index is 12.5. The van der Waals surface area contributed by atoms with Crippen LogP contribution in [-0.2, 0) is 15.3 Å². The Hall–Kier alpha value is -3.24. The third-order valence-electron chi connectivity index (χ3n) is 6.69. The minimum Gasteiger partial charge on any atom is -0.488 e. The van der Waals surface area contributed by atoms with E-state index in [0.29, 0.717) is 17.9 Å². The Labute approximate surface area is 207 Å². The first-order valence-corrected chi connectivity index (χ1v) is 12.6. The highest BCUT2D eigenvalue weighted by Gasteiger charge is 2.59. The molecule has 0 saturated carbocycles. The summed E-state index contributed by atoms with van der Waals surface area (Å²) in [7, 11) is 0. The quantitative estimate of drug-likeness (QED) is 0.145. The molecule has 1 amide bonds. The molecule has 1 fully saturated rings.